The molecule has 5 rings (SSSR count). The van der Waals surface area contributed by atoms with Crippen molar-refractivity contribution < 1.29 is 5.11 Å². The first-order valence-corrected chi connectivity index (χ1v) is 12.2. The van der Waals surface area contributed by atoms with Crippen LogP contribution in [-0.4, -0.2) is 25.8 Å². The van der Waals surface area contributed by atoms with E-state index in [-0.39, 0.29) is 6.61 Å². The first-order chi connectivity index (χ1) is 16.3. The van der Waals surface area contributed by atoms with Crippen molar-refractivity contribution in [3.63, 3.8) is 0 Å². The second-order valence-corrected chi connectivity index (χ2v) is 9.13. The number of aromatic nitrogens is 3. The van der Waals surface area contributed by atoms with Crippen molar-refractivity contribution in [2.24, 2.45) is 5.92 Å². The van der Waals surface area contributed by atoms with Crippen LogP contribution in [0.1, 0.15) is 38.5 Å². The third-order valence-electron chi connectivity index (χ3n) is 6.91. The van der Waals surface area contributed by atoms with Gasteiger partial charge in [0.25, 0.3) is 0 Å². The molecule has 0 atom stereocenters. The molecule has 2 aromatic carbocycles. The molecule has 0 spiro atoms. The average molecular weight is 441 g/mol. The van der Waals surface area contributed by atoms with E-state index >= 15 is 0 Å². The third kappa shape index (κ3) is 4.25. The molecule has 2 N–H and O–H groups in total. The summed E-state index contributed by atoms with van der Waals surface area (Å²) in [7, 11) is 0. The molecule has 1 saturated carbocycles. The van der Waals surface area contributed by atoms with Gasteiger partial charge >= 0.3 is 0 Å². The van der Waals surface area contributed by atoms with E-state index in [4.69, 9.17) is 10.4 Å². The van der Waals surface area contributed by atoms with E-state index in [0.29, 0.717) is 24.4 Å². The molecule has 0 aliphatic heterocycles. The largest absolute Gasteiger partial charge is 0.396 e. The Morgan fingerprint density at radius 2 is 1.58 bits per heavy atom. The van der Waals surface area contributed by atoms with Crippen LogP contribution in [0.25, 0.3) is 33.4 Å². The van der Waals surface area contributed by atoms with Gasteiger partial charge in [-0.1, -0.05) is 79.9 Å². The molecule has 1 fully saturated rings. The van der Waals surface area contributed by atoms with E-state index in [2.05, 4.69) is 59.2 Å². The maximum atomic E-state index is 9.34. The zero-order chi connectivity index (χ0) is 22.6. The van der Waals surface area contributed by atoms with E-state index in [1.807, 2.05) is 10.6 Å². The number of aliphatic hydroxyl groups excluding tert-OH is 1. The number of hydrogen-bond acceptors (Lipinski definition) is 3. The molecule has 0 bridgehead atoms. The zero-order valence-electron chi connectivity index (χ0n) is 19.1. The van der Waals surface area contributed by atoms with E-state index < -0.39 is 0 Å². The van der Waals surface area contributed by atoms with Crippen molar-refractivity contribution in [1.82, 2.24) is 14.1 Å². The normalized spacial score (nSPS) is 14.7. The SMILES string of the molecule is N=c1c2c(-c3ccccc3)c(-c3ccccc3)n(CC3CCCCC3)c2ncn1CCCO. The highest BCUT2D eigenvalue weighted by molar-refractivity contribution is 6.02. The smallest absolute Gasteiger partial charge is 0.146 e. The Bertz CT molecular complexity index is 1270. The highest BCUT2D eigenvalue weighted by atomic mass is 16.3. The Morgan fingerprint density at radius 3 is 2.24 bits per heavy atom. The van der Waals surface area contributed by atoms with Gasteiger partial charge in [0.1, 0.15) is 11.1 Å². The number of benzene rings is 2. The molecule has 1 aliphatic rings. The van der Waals surface area contributed by atoms with Gasteiger partial charge in [0.15, 0.2) is 0 Å². The molecule has 2 aromatic heterocycles. The summed E-state index contributed by atoms with van der Waals surface area (Å²) in [5, 5.41) is 19.4. The summed E-state index contributed by atoms with van der Waals surface area (Å²) in [6.45, 7) is 1.62. The lowest BCUT2D eigenvalue weighted by atomic mass is 9.89. The van der Waals surface area contributed by atoms with Gasteiger partial charge in [-0.2, -0.15) is 0 Å². The summed E-state index contributed by atoms with van der Waals surface area (Å²) >= 11 is 0. The molecule has 0 saturated heterocycles. The first kappa shape index (κ1) is 21.7. The van der Waals surface area contributed by atoms with Crippen molar-refractivity contribution in [2.75, 3.05) is 6.61 Å². The Balaban J connectivity index is 1.81. The van der Waals surface area contributed by atoms with Crippen LogP contribution < -0.4 is 5.49 Å². The molecule has 33 heavy (non-hydrogen) atoms. The molecular weight excluding hydrogens is 408 g/mol. The molecule has 0 amide bonds. The van der Waals surface area contributed by atoms with Gasteiger partial charge in [0.2, 0.25) is 0 Å². The molecule has 0 radical (unpaired) electrons. The second-order valence-electron chi connectivity index (χ2n) is 9.13. The topological polar surface area (TPSA) is 66.8 Å². The van der Waals surface area contributed by atoms with Crippen LogP contribution in [0.4, 0.5) is 0 Å². The van der Waals surface area contributed by atoms with Crippen molar-refractivity contribution in [2.45, 2.75) is 51.6 Å². The molecule has 5 nitrogen and oxygen atoms in total. The highest BCUT2D eigenvalue weighted by Gasteiger charge is 2.25. The summed E-state index contributed by atoms with van der Waals surface area (Å²) in [4.78, 5) is 4.92. The minimum Gasteiger partial charge on any atom is -0.396 e. The first-order valence-electron chi connectivity index (χ1n) is 12.2. The van der Waals surface area contributed by atoms with E-state index in [9.17, 15) is 5.11 Å². The third-order valence-corrected chi connectivity index (χ3v) is 6.91. The van der Waals surface area contributed by atoms with Gasteiger partial charge in [0, 0.05) is 25.3 Å². The number of nitrogens with zero attached hydrogens (tertiary/aromatic N) is 3. The molecule has 4 aromatic rings. The monoisotopic (exact) mass is 440 g/mol. The number of fused-ring (bicyclic) bond motifs is 1. The van der Waals surface area contributed by atoms with Crippen LogP contribution >= 0.6 is 0 Å². The fraction of sp³-hybridized carbons (Fsp3) is 0.357. The summed E-state index contributed by atoms with van der Waals surface area (Å²) in [5.74, 6) is 0.637. The van der Waals surface area contributed by atoms with Gasteiger partial charge in [0.05, 0.1) is 17.4 Å². The fourth-order valence-electron chi connectivity index (χ4n) is 5.29. The lowest BCUT2D eigenvalue weighted by molar-refractivity contribution is 0.278. The number of aliphatic hydroxyl groups is 1. The second kappa shape index (κ2) is 9.75. The molecule has 0 unspecified atom stereocenters. The Kier molecular flexibility index (Phi) is 6.40. The standard InChI is InChI=1S/C28H32N4O/c29-27-25-24(22-13-6-2-7-14-22)26(23-15-8-3-9-16-23)32(19-21-11-4-1-5-12-21)28(25)30-20-31(27)17-10-18-33/h2-3,6-9,13-16,20-21,29,33H,1,4-5,10-12,17-19H2. The maximum Gasteiger partial charge on any atom is 0.146 e. The predicted molar refractivity (Wildman–Crippen MR) is 133 cm³/mol. The molecule has 170 valence electrons. The molecular formula is C28H32N4O. The lowest BCUT2D eigenvalue weighted by Crippen LogP contribution is -2.22. The molecule has 1 aliphatic carbocycles. The molecule has 5 heteroatoms. The minimum atomic E-state index is 0.105. The summed E-state index contributed by atoms with van der Waals surface area (Å²) in [6, 6.07) is 21.0. The highest BCUT2D eigenvalue weighted by Crippen LogP contribution is 2.40. The summed E-state index contributed by atoms with van der Waals surface area (Å²) < 4.78 is 4.25. The zero-order valence-corrected chi connectivity index (χ0v) is 19.1. The van der Waals surface area contributed by atoms with Crippen LogP contribution in [0, 0.1) is 11.3 Å². The number of aryl methyl sites for hydroxylation is 1. The number of rotatable bonds is 7. The van der Waals surface area contributed by atoms with Crippen molar-refractivity contribution in [1.29, 1.82) is 5.41 Å². The van der Waals surface area contributed by atoms with Crippen LogP contribution in [0.15, 0.2) is 67.0 Å². The Hall–Kier alpha value is -3.18. The van der Waals surface area contributed by atoms with Crippen molar-refractivity contribution in [3.8, 4) is 22.4 Å². The van der Waals surface area contributed by atoms with E-state index in [1.54, 1.807) is 6.33 Å². The van der Waals surface area contributed by atoms with Gasteiger partial charge in [-0.3, -0.25) is 5.41 Å². The van der Waals surface area contributed by atoms with Gasteiger partial charge in [-0.05, 0) is 36.3 Å². The van der Waals surface area contributed by atoms with Crippen LogP contribution in [0.3, 0.4) is 0 Å². The van der Waals surface area contributed by atoms with Crippen LogP contribution in [-0.2, 0) is 13.1 Å². The summed E-state index contributed by atoms with van der Waals surface area (Å²) in [5.41, 5.74) is 5.87. The van der Waals surface area contributed by atoms with E-state index in [1.165, 1.54) is 32.1 Å². The average Bonchev–Trinajstić information content (AvgIpc) is 3.20. The van der Waals surface area contributed by atoms with Gasteiger partial charge in [-0.15, -0.1) is 0 Å². The van der Waals surface area contributed by atoms with Crippen LogP contribution in [0.2, 0.25) is 0 Å². The van der Waals surface area contributed by atoms with Gasteiger partial charge < -0.3 is 14.2 Å². The predicted octanol–water partition coefficient (Wildman–Crippen LogP) is 5.61. The minimum absolute atomic E-state index is 0.105. The van der Waals surface area contributed by atoms with E-state index in [0.717, 1.165) is 40.0 Å². The quantitative estimate of drug-likeness (QED) is 0.392. The molecule has 2 heterocycles. The van der Waals surface area contributed by atoms with Crippen LogP contribution in [0.5, 0.6) is 0 Å². The Labute approximate surface area is 194 Å². The lowest BCUT2D eigenvalue weighted by Gasteiger charge is -2.24. The number of hydrogen-bond donors (Lipinski definition) is 2. The Morgan fingerprint density at radius 1 is 0.909 bits per heavy atom. The fourth-order valence-corrected chi connectivity index (χ4v) is 5.29. The van der Waals surface area contributed by atoms with Gasteiger partial charge in [-0.25, -0.2) is 4.98 Å². The summed E-state index contributed by atoms with van der Waals surface area (Å²) in [6.07, 6.45) is 8.84. The van der Waals surface area contributed by atoms with Crippen molar-refractivity contribution >= 4 is 11.0 Å². The van der Waals surface area contributed by atoms with Crippen molar-refractivity contribution in [3.05, 3.63) is 72.5 Å². The maximum absolute atomic E-state index is 9.34. The number of nitrogens with one attached hydrogen (secondary N) is 1.